The number of thioether (sulfide) groups is 1. The smallest absolute Gasteiger partial charge is 0.192 e. The van der Waals surface area contributed by atoms with E-state index in [1.54, 1.807) is 35.2 Å². The highest BCUT2D eigenvalue weighted by Crippen LogP contribution is 2.42. The molecule has 23 heavy (non-hydrogen) atoms. The molecular weight excluding hydrogens is 353 g/mol. The molecule has 1 aromatic carbocycles. The summed E-state index contributed by atoms with van der Waals surface area (Å²) < 4.78 is 17.0. The van der Waals surface area contributed by atoms with Crippen LogP contribution in [0.3, 0.4) is 0 Å². The standard InChI is InChI=1S/C16H13ClFN3S2/c17-14-8-7-11(23-14)9-22-16-20-19-15(21(16)10-5-6-10)12-3-1-2-4-13(12)18/h1-4,7-8,10H,5-6,9H2. The van der Waals surface area contributed by atoms with Crippen molar-refractivity contribution in [3.63, 3.8) is 0 Å². The van der Waals surface area contributed by atoms with E-state index in [2.05, 4.69) is 14.8 Å². The van der Waals surface area contributed by atoms with E-state index in [4.69, 9.17) is 11.6 Å². The number of thiophene rings is 1. The van der Waals surface area contributed by atoms with E-state index in [0.717, 1.165) is 28.1 Å². The SMILES string of the molecule is Fc1ccccc1-c1nnc(SCc2ccc(Cl)s2)n1C1CC1. The van der Waals surface area contributed by atoms with Gasteiger partial charge in [0.15, 0.2) is 11.0 Å². The zero-order valence-corrected chi connectivity index (χ0v) is 14.5. The van der Waals surface area contributed by atoms with Crippen molar-refractivity contribution in [2.75, 3.05) is 0 Å². The number of halogens is 2. The summed E-state index contributed by atoms with van der Waals surface area (Å²) in [5, 5.41) is 9.40. The fraction of sp³-hybridized carbons (Fsp3) is 0.250. The van der Waals surface area contributed by atoms with E-state index < -0.39 is 0 Å². The topological polar surface area (TPSA) is 30.7 Å². The number of rotatable bonds is 5. The normalized spacial score (nSPS) is 14.3. The lowest BCUT2D eigenvalue weighted by Crippen LogP contribution is -2.00. The van der Waals surface area contributed by atoms with Gasteiger partial charge in [-0.3, -0.25) is 4.57 Å². The maximum Gasteiger partial charge on any atom is 0.192 e. The number of nitrogens with zero attached hydrogens (tertiary/aromatic N) is 3. The Bertz CT molecular complexity index is 841. The van der Waals surface area contributed by atoms with Crippen molar-refractivity contribution in [3.05, 3.63) is 51.4 Å². The number of hydrogen-bond acceptors (Lipinski definition) is 4. The van der Waals surface area contributed by atoms with Gasteiger partial charge in [0.25, 0.3) is 0 Å². The highest BCUT2D eigenvalue weighted by Gasteiger charge is 2.30. The van der Waals surface area contributed by atoms with E-state index in [9.17, 15) is 4.39 Å². The predicted molar refractivity (Wildman–Crippen MR) is 92.6 cm³/mol. The lowest BCUT2D eigenvalue weighted by molar-refractivity contribution is 0.622. The molecule has 0 bridgehead atoms. The molecule has 0 aliphatic heterocycles. The Morgan fingerprint density at radius 1 is 1.22 bits per heavy atom. The van der Waals surface area contributed by atoms with E-state index in [1.165, 1.54) is 10.9 Å². The Morgan fingerprint density at radius 2 is 2.04 bits per heavy atom. The third-order valence-corrected chi connectivity index (χ3v) is 6.07. The van der Waals surface area contributed by atoms with Crippen molar-refractivity contribution in [2.45, 2.75) is 29.8 Å². The Labute approximate surface area is 146 Å². The molecule has 4 rings (SSSR count). The van der Waals surface area contributed by atoms with Crippen molar-refractivity contribution >= 4 is 34.7 Å². The molecule has 0 unspecified atom stereocenters. The second-order valence-electron chi connectivity index (χ2n) is 5.38. The zero-order valence-electron chi connectivity index (χ0n) is 12.1. The summed E-state index contributed by atoms with van der Waals surface area (Å²) in [6, 6.07) is 11.0. The van der Waals surface area contributed by atoms with Crippen LogP contribution in [0, 0.1) is 5.82 Å². The zero-order chi connectivity index (χ0) is 15.8. The quantitative estimate of drug-likeness (QED) is 0.565. The fourth-order valence-electron chi connectivity index (χ4n) is 2.43. The molecule has 1 fully saturated rings. The first kappa shape index (κ1) is 15.2. The van der Waals surface area contributed by atoms with E-state index >= 15 is 0 Å². The Hall–Kier alpha value is -1.37. The molecule has 1 aliphatic carbocycles. The molecule has 1 aliphatic rings. The van der Waals surface area contributed by atoms with Crippen LogP contribution in [0.2, 0.25) is 4.34 Å². The maximum atomic E-state index is 14.1. The average molecular weight is 366 g/mol. The van der Waals surface area contributed by atoms with Crippen LogP contribution in [0.5, 0.6) is 0 Å². The molecule has 1 saturated carbocycles. The van der Waals surface area contributed by atoms with Gasteiger partial charge >= 0.3 is 0 Å². The Morgan fingerprint density at radius 3 is 2.74 bits per heavy atom. The molecule has 3 nitrogen and oxygen atoms in total. The van der Waals surface area contributed by atoms with Crippen LogP contribution in [-0.2, 0) is 5.75 Å². The number of benzene rings is 1. The molecule has 0 saturated heterocycles. The van der Waals surface area contributed by atoms with Crippen molar-refractivity contribution < 1.29 is 4.39 Å². The van der Waals surface area contributed by atoms with E-state index in [1.807, 2.05) is 18.2 Å². The fourth-order valence-corrected chi connectivity index (χ4v) is 4.56. The van der Waals surface area contributed by atoms with E-state index in [-0.39, 0.29) is 5.82 Å². The van der Waals surface area contributed by atoms with Crippen molar-refractivity contribution in [1.82, 2.24) is 14.8 Å². The largest absolute Gasteiger partial charge is 0.299 e. The predicted octanol–water partition coefficient (Wildman–Crippen LogP) is 5.43. The summed E-state index contributed by atoms with van der Waals surface area (Å²) in [4.78, 5) is 1.19. The first-order valence-electron chi connectivity index (χ1n) is 7.29. The molecular formula is C16H13ClFN3S2. The van der Waals surface area contributed by atoms with Gasteiger partial charge in [0.05, 0.1) is 9.90 Å². The van der Waals surface area contributed by atoms with Gasteiger partial charge in [-0.1, -0.05) is 35.5 Å². The highest BCUT2D eigenvalue weighted by atomic mass is 35.5. The third kappa shape index (κ3) is 3.16. The van der Waals surface area contributed by atoms with Gasteiger partial charge in [-0.25, -0.2) is 4.39 Å². The van der Waals surface area contributed by atoms with Crippen LogP contribution in [0.25, 0.3) is 11.4 Å². The van der Waals surface area contributed by atoms with Gasteiger partial charge in [-0.05, 0) is 37.1 Å². The Kier molecular flexibility index (Phi) is 4.13. The van der Waals surface area contributed by atoms with Crippen molar-refractivity contribution in [2.24, 2.45) is 0 Å². The molecule has 118 valence electrons. The minimum Gasteiger partial charge on any atom is -0.299 e. The van der Waals surface area contributed by atoms with Gasteiger partial charge in [0.1, 0.15) is 5.82 Å². The van der Waals surface area contributed by atoms with Crippen molar-refractivity contribution in [3.8, 4) is 11.4 Å². The molecule has 3 aromatic rings. The van der Waals surface area contributed by atoms with Crippen LogP contribution in [-0.4, -0.2) is 14.8 Å². The number of hydrogen-bond donors (Lipinski definition) is 0. The number of aromatic nitrogens is 3. The Balaban J connectivity index is 1.64. The summed E-state index contributed by atoms with van der Waals surface area (Å²) >= 11 is 9.16. The summed E-state index contributed by atoms with van der Waals surface area (Å²) in [6.45, 7) is 0. The van der Waals surface area contributed by atoms with Gasteiger partial charge in [0.2, 0.25) is 0 Å². The highest BCUT2D eigenvalue weighted by molar-refractivity contribution is 7.98. The molecule has 0 amide bonds. The van der Waals surface area contributed by atoms with Crippen LogP contribution >= 0.6 is 34.7 Å². The minimum absolute atomic E-state index is 0.261. The summed E-state index contributed by atoms with van der Waals surface area (Å²) in [7, 11) is 0. The maximum absolute atomic E-state index is 14.1. The van der Waals surface area contributed by atoms with Crippen LogP contribution < -0.4 is 0 Å². The van der Waals surface area contributed by atoms with Gasteiger partial charge in [-0.2, -0.15) is 0 Å². The molecule has 0 spiro atoms. The third-order valence-electron chi connectivity index (χ3n) is 3.66. The molecule has 0 N–H and O–H groups in total. The molecule has 0 atom stereocenters. The molecule has 2 heterocycles. The van der Waals surface area contributed by atoms with Crippen LogP contribution in [0.1, 0.15) is 23.8 Å². The molecule has 0 radical (unpaired) electrons. The second-order valence-corrected chi connectivity index (χ2v) is 8.12. The van der Waals surface area contributed by atoms with Gasteiger partial charge < -0.3 is 0 Å². The first-order chi connectivity index (χ1) is 11.2. The van der Waals surface area contributed by atoms with Crippen LogP contribution in [0.4, 0.5) is 4.39 Å². The van der Waals surface area contributed by atoms with Crippen LogP contribution in [0.15, 0.2) is 41.6 Å². The minimum atomic E-state index is -0.261. The molecule has 2 aromatic heterocycles. The summed E-state index contributed by atoms with van der Waals surface area (Å²) in [6.07, 6.45) is 2.19. The van der Waals surface area contributed by atoms with Crippen molar-refractivity contribution in [1.29, 1.82) is 0 Å². The average Bonchev–Trinajstić information content (AvgIpc) is 3.16. The summed E-state index contributed by atoms with van der Waals surface area (Å²) in [5.41, 5.74) is 0.512. The second kappa shape index (κ2) is 6.26. The lowest BCUT2D eigenvalue weighted by atomic mass is 10.2. The monoisotopic (exact) mass is 365 g/mol. The van der Waals surface area contributed by atoms with Gasteiger partial charge in [0, 0.05) is 16.7 Å². The lowest BCUT2D eigenvalue weighted by Gasteiger charge is -2.09. The van der Waals surface area contributed by atoms with Gasteiger partial charge in [-0.15, -0.1) is 21.5 Å². The first-order valence-corrected chi connectivity index (χ1v) is 9.47. The molecule has 7 heteroatoms. The van der Waals surface area contributed by atoms with E-state index in [0.29, 0.717) is 17.4 Å². The summed E-state index contributed by atoms with van der Waals surface area (Å²) in [5.74, 6) is 1.15.